The highest BCUT2D eigenvalue weighted by Crippen LogP contribution is 2.30. The molecule has 1 atom stereocenters. The van der Waals surface area contributed by atoms with E-state index < -0.39 is 33.6 Å². The summed E-state index contributed by atoms with van der Waals surface area (Å²) < 4.78 is 85.0. The fraction of sp³-hybridized carbons (Fsp3) is 0.375. The van der Waals surface area contributed by atoms with Crippen molar-refractivity contribution in [2.24, 2.45) is 0 Å². The van der Waals surface area contributed by atoms with E-state index in [1.54, 1.807) is 22.9 Å². The molecule has 0 amide bonds. The normalized spacial score (nSPS) is 13.6. The number of sulfonamides is 1. The molecule has 3 rings (SSSR count). The summed E-state index contributed by atoms with van der Waals surface area (Å²) in [6.45, 7) is 7.25. The molecule has 2 aromatic carbocycles. The summed E-state index contributed by atoms with van der Waals surface area (Å²) in [5, 5.41) is 4.59. The predicted molar refractivity (Wildman–Crippen MR) is 125 cm³/mol. The number of benzene rings is 2. The van der Waals surface area contributed by atoms with Gasteiger partial charge in [0.15, 0.2) is 5.75 Å². The molecular formula is C24H27F4N3O3S. The molecule has 0 saturated heterocycles. The van der Waals surface area contributed by atoms with Crippen molar-refractivity contribution in [2.45, 2.75) is 52.1 Å². The van der Waals surface area contributed by atoms with Gasteiger partial charge in [-0.05, 0) is 69.7 Å². The Bertz CT molecular complexity index is 1270. The minimum absolute atomic E-state index is 0.369. The second-order valence-electron chi connectivity index (χ2n) is 8.67. The van der Waals surface area contributed by atoms with Crippen LogP contribution in [0.1, 0.15) is 45.1 Å². The van der Waals surface area contributed by atoms with Gasteiger partial charge < -0.3 is 4.74 Å². The molecule has 0 aliphatic rings. The first-order chi connectivity index (χ1) is 16.2. The second-order valence-corrected chi connectivity index (χ2v) is 10.4. The average molecular weight is 514 g/mol. The summed E-state index contributed by atoms with van der Waals surface area (Å²) in [5.41, 5.74) is 1.26. The molecule has 0 saturated carbocycles. The molecular weight excluding hydrogens is 486 g/mol. The van der Waals surface area contributed by atoms with Crippen LogP contribution in [0.5, 0.6) is 5.75 Å². The molecule has 3 aromatic rings. The van der Waals surface area contributed by atoms with E-state index in [2.05, 4.69) is 9.82 Å². The van der Waals surface area contributed by atoms with E-state index in [1.807, 2.05) is 26.0 Å². The van der Waals surface area contributed by atoms with E-state index in [0.717, 1.165) is 5.69 Å². The maximum Gasteiger partial charge on any atom is 0.404 e. The maximum absolute atomic E-state index is 13.2. The fourth-order valence-electron chi connectivity index (χ4n) is 3.65. The van der Waals surface area contributed by atoms with Crippen molar-refractivity contribution in [3.8, 4) is 17.0 Å². The minimum atomic E-state index is -4.85. The highest BCUT2D eigenvalue weighted by Gasteiger charge is 2.38. The Morgan fingerprint density at radius 2 is 1.74 bits per heavy atom. The molecule has 6 nitrogen and oxygen atoms in total. The smallest absolute Gasteiger partial charge is 0.404 e. The van der Waals surface area contributed by atoms with E-state index in [4.69, 9.17) is 4.74 Å². The van der Waals surface area contributed by atoms with Gasteiger partial charge in [-0.2, -0.15) is 18.3 Å². The Kier molecular flexibility index (Phi) is 7.61. The minimum Gasteiger partial charge on any atom is -0.484 e. The number of hydrogen-bond acceptors (Lipinski definition) is 4. The molecule has 1 aromatic heterocycles. The lowest BCUT2D eigenvalue weighted by molar-refractivity contribution is -0.106. The number of nitrogens with zero attached hydrogens (tertiary/aromatic N) is 2. The first-order valence-corrected chi connectivity index (χ1v) is 12.5. The lowest BCUT2D eigenvalue weighted by atomic mass is 9.93. The van der Waals surface area contributed by atoms with Crippen molar-refractivity contribution in [1.29, 1.82) is 0 Å². The van der Waals surface area contributed by atoms with Crippen molar-refractivity contribution >= 4 is 10.0 Å². The van der Waals surface area contributed by atoms with Crippen molar-refractivity contribution < 1.29 is 30.7 Å². The van der Waals surface area contributed by atoms with Crippen LogP contribution in [0, 0.1) is 5.82 Å². The van der Waals surface area contributed by atoms with Crippen LogP contribution in [-0.4, -0.2) is 30.1 Å². The molecule has 1 N–H and O–H groups in total. The highest BCUT2D eigenvalue weighted by atomic mass is 32.2. The molecule has 0 fully saturated rings. The van der Waals surface area contributed by atoms with Gasteiger partial charge >= 0.3 is 6.18 Å². The van der Waals surface area contributed by atoms with Crippen LogP contribution in [0.2, 0.25) is 0 Å². The zero-order valence-corrected chi connectivity index (χ0v) is 20.5. The molecule has 35 heavy (non-hydrogen) atoms. The number of ether oxygens (including phenoxy) is 1. The lowest BCUT2D eigenvalue weighted by Gasteiger charge is -2.27. The van der Waals surface area contributed by atoms with Crippen molar-refractivity contribution in [1.82, 2.24) is 14.5 Å². The number of hydrogen-bond donors (Lipinski definition) is 1. The first-order valence-electron chi connectivity index (χ1n) is 10.9. The zero-order chi connectivity index (χ0) is 26.0. The molecule has 0 radical (unpaired) electrons. The largest absolute Gasteiger partial charge is 0.484 e. The Labute approximate surface area is 202 Å². The summed E-state index contributed by atoms with van der Waals surface area (Å²) in [7, 11) is -4.61. The van der Waals surface area contributed by atoms with E-state index in [-0.39, 0.29) is 5.82 Å². The third-order valence-electron chi connectivity index (χ3n) is 5.29. The lowest BCUT2D eigenvalue weighted by Crippen LogP contribution is -2.44. The van der Waals surface area contributed by atoms with E-state index in [1.165, 1.54) is 38.1 Å². The van der Waals surface area contributed by atoms with Gasteiger partial charge in [-0.15, -0.1) is 0 Å². The zero-order valence-electron chi connectivity index (χ0n) is 19.7. The van der Waals surface area contributed by atoms with Gasteiger partial charge in [0.1, 0.15) is 23.4 Å². The van der Waals surface area contributed by atoms with Crippen LogP contribution in [0.4, 0.5) is 17.6 Å². The van der Waals surface area contributed by atoms with Gasteiger partial charge in [0, 0.05) is 12.1 Å². The standard InChI is InChI=1S/C24H27F4N3O3S/c1-5-31-22(14-21(29-31)16(2)34-20-11-9-19(25)10-12-20)17-7-6-8-18(13-17)23(3,4)30-35(32,33)15-24(26,27)28/h6-14,16,30H,5,15H2,1-4H3. The summed E-state index contributed by atoms with van der Waals surface area (Å²) in [5.74, 6) is -1.84. The van der Waals surface area contributed by atoms with Gasteiger partial charge in [0.05, 0.1) is 11.2 Å². The number of nitrogens with one attached hydrogen (secondary N) is 1. The van der Waals surface area contributed by atoms with Crippen LogP contribution >= 0.6 is 0 Å². The summed E-state index contributed by atoms with van der Waals surface area (Å²) in [6.07, 6.45) is -5.29. The quantitative estimate of drug-likeness (QED) is 0.380. The van der Waals surface area contributed by atoms with E-state index in [0.29, 0.717) is 29.1 Å². The van der Waals surface area contributed by atoms with Gasteiger partial charge in [-0.1, -0.05) is 18.2 Å². The highest BCUT2D eigenvalue weighted by molar-refractivity contribution is 7.89. The fourth-order valence-corrected chi connectivity index (χ4v) is 5.05. The Morgan fingerprint density at radius 1 is 1.09 bits per heavy atom. The number of rotatable bonds is 9. The van der Waals surface area contributed by atoms with Crippen LogP contribution in [0.3, 0.4) is 0 Å². The number of alkyl halides is 3. The Balaban J connectivity index is 1.88. The molecule has 0 spiro atoms. The van der Waals surface area contributed by atoms with Crippen molar-refractivity contribution in [3.63, 3.8) is 0 Å². The molecule has 0 aliphatic carbocycles. The van der Waals surface area contributed by atoms with Gasteiger partial charge in [-0.25, -0.2) is 17.5 Å². The topological polar surface area (TPSA) is 73.2 Å². The van der Waals surface area contributed by atoms with Crippen LogP contribution < -0.4 is 9.46 Å². The maximum atomic E-state index is 13.2. The first kappa shape index (κ1) is 26.7. The molecule has 0 aliphatic heterocycles. The third-order valence-corrected chi connectivity index (χ3v) is 6.81. The summed E-state index contributed by atoms with van der Waals surface area (Å²) in [6, 6.07) is 14.4. The van der Waals surface area contributed by atoms with Crippen molar-refractivity contribution in [3.05, 3.63) is 71.7 Å². The Hall–Kier alpha value is -2.92. The van der Waals surface area contributed by atoms with Gasteiger partial charge in [0.2, 0.25) is 10.0 Å². The van der Waals surface area contributed by atoms with E-state index >= 15 is 0 Å². The molecule has 1 heterocycles. The average Bonchev–Trinajstić information content (AvgIpc) is 3.17. The summed E-state index contributed by atoms with van der Waals surface area (Å²) >= 11 is 0. The van der Waals surface area contributed by atoms with E-state index in [9.17, 15) is 26.0 Å². The number of aryl methyl sites for hydroxylation is 1. The monoisotopic (exact) mass is 513 g/mol. The van der Waals surface area contributed by atoms with Crippen molar-refractivity contribution in [2.75, 3.05) is 5.75 Å². The number of halogens is 4. The molecule has 11 heteroatoms. The molecule has 1 unspecified atom stereocenters. The predicted octanol–water partition coefficient (Wildman–Crippen LogP) is 5.57. The van der Waals surface area contributed by atoms with Gasteiger partial charge in [0.25, 0.3) is 0 Å². The number of aromatic nitrogens is 2. The van der Waals surface area contributed by atoms with Crippen LogP contribution in [-0.2, 0) is 22.1 Å². The van der Waals surface area contributed by atoms with Crippen LogP contribution in [0.15, 0.2) is 54.6 Å². The van der Waals surface area contributed by atoms with Crippen LogP contribution in [0.25, 0.3) is 11.3 Å². The SMILES string of the molecule is CCn1nc(C(C)Oc2ccc(F)cc2)cc1-c1cccc(C(C)(C)NS(=O)(=O)CC(F)(F)F)c1. The molecule has 190 valence electrons. The van der Waals surface area contributed by atoms with Gasteiger partial charge in [-0.3, -0.25) is 4.68 Å². The Morgan fingerprint density at radius 3 is 2.34 bits per heavy atom. The second kappa shape index (κ2) is 9.98. The molecule has 0 bridgehead atoms. The third kappa shape index (κ3) is 7.04. The summed E-state index contributed by atoms with van der Waals surface area (Å²) in [4.78, 5) is 0.